The van der Waals surface area contributed by atoms with Gasteiger partial charge in [0.2, 0.25) is 5.95 Å². The highest BCUT2D eigenvalue weighted by molar-refractivity contribution is 5.68. The lowest BCUT2D eigenvalue weighted by Crippen LogP contribution is -2.11. The number of nitrogens with zero attached hydrogens (tertiary/aromatic N) is 6. The van der Waals surface area contributed by atoms with Crippen LogP contribution < -0.4 is 5.32 Å². The molecule has 4 aromatic heterocycles. The number of aryl methyl sites for hydroxylation is 1. The molecule has 2 atom stereocenters. The molecule has 8 nitrogen and oxygen atoms in total. The first-order valence-corrected chi connectivity index (χ1v) is 11.2. The first-order chi connectivity index (χ1) is 17.0. The highest BCUT2D eigenvalue weighted by Gasteiger charge is 2.17. The maximum atomic E-state index is 10.6. The van der Waals surface area contributed by atoms with Gasteiger partial charge < -0.3 is 10.4 Å². The lowest BCUT2D eigenvalue weighted by Gasteiger charge is -2.17. The third-order valence-electron chi connectivity index (χ3n) is 5.95. The van der Waals surface area contributed by atoms with Crippen LogP contribution in [0, 0.1) is 18.3 Å². The number of nitriles is 1. The van der Waals surface area contributed by atoms with Gasteiger partial charge in [0.1, 0.15) is 23.5 Å². The molecule has 0 saturated carbocycles. The maximum Gasteiger partial charge on any atom is 0.223 e. The fourth-order valence-corrected chi connectivity index (χ4v) is 4.01. The Bertz CT molecular complexity index is 1520. The second-order valence-corrected chi connectivity index (χ2v) is 8.29. The fraction of sp³-hybridized carbons (Fsp3) is 0.148. The minimum absolute atomic E-state index is 0.110. The summed E-state index contributed by atoms with van der Waals surface area (Å²) in [5, 5.41) is 23.5. The zero-order valence-corrected chi connectivity index (χ0v) is 19.3. The predicted molar refractivity (Wildman–Crippen MR) is 132 cm³/mol. The summed E-state index contributed by atoms with van der Waals surface area (Å²) < 4.78 is 1.93. The Morgan fingerprint density at radius 3 is 2.51 bits per heavy atom. The number of fused-ring (bicyclic) bond motifs is 1. The lowest BCUT2D eigenvalue weighted by molar-refractivity contribution is 0.215. The van der Waals surface area contributed by atoms with Crippen LogP contribution in [0.15, 0.2) is 79.4 Å². The molecule has 1 aromatic carbocycles. The molecule has 35 heavy (non-hydrogen) atoms. The molecule has 0 radical (unpaired) electrons. The summed E-state index contributed by atoms with van der Waals surface area (Å²) in [5.74, 6) is 0.409. The number of nitrogens with one attached hydrogen (secondary N) is 1. The summed E-state index contributed by atoms with van der Waals surface area (Å²) in [7, 11) is 0. The van der Waals surface area contributed by atoms with Gasteiger partial charge in [0.05, 0.1) is 35.4 Å². The van der Waals surface area contributed by atoms with Crippen molar-refractivity contribution in [3.05, 3.63) is 107 Å². The molecule has 0 bridgehead atoms. The number of aromatic nitrogens is 5. The van der Waals surface area contributed by atoms with Gasteiger partial charge >= 0.3 is 0 Å². The molecule has 0 aliphatic carbocycles. The van der Waals surface area contributed by atoms with Crippen molar-refractivity contribution in [2.24, 2.45) is 0 Å². The average Bonchev–Trinajstić information content (AvgIpc) is 3.34. The van der Waals surface area contributed by atoms with E-state index >= 15 is 0 Å². The van der Waals surface area contributed by atoms with E-state index in [1.54, 1.807) is 18.5 Å². The number of aliphatic hydroxyl groups excluding tert-OH is 1. The Labute approximate surface area is 202 Å². The summed E-state index contributed by atoms with van der Waals surface area (Å²) in [6.45, 7) is 4.00. The number of rotatable bonds is 6. The molecular formula is C27H23N7O. The van der Waals surface area contributed by atoms with Crippen LogP contribution in [0.3, 0.4) is 0 Å². The maximum absolute atomic E-state index is 10.6. The fourth-order valence-electron chi connectivity index (χ4n) is 4.01. The number of anilines is 1. The van der Waals surface area contributed by atoms with Crippen molar-refractivity contribution in [3.8, 4) is 17.5 Å². The van der Waals surface area contributed by atoms with E-state index in [4.69, 9.17) is 0 Å². The molecule has 0 amide bonds. The van der Waals surface area contributed by atoms with Crippen LogP contribution in [0.2, 0.25) is 0 Å². The van der Waals surface area contributed by atoms with Gasteiger partial charge in [-0.15, -0.1) is 0 Å². The van der Waals surface area contributed by atoms with Crippen LogP contribution in [0.1, 0.15) is 47.0 Å². The minimum atomic E-state index is -0.785. The summed E-state index contributed by atoms with van der Waals surface area (Å²) >= 11 is 0. The first-order valence-electron chi connectivity index (χ1n) is 11.2. The van der Waals surface area contributed by atoms with E-state index in [0.717, 1.165) is 28.0 Å². The van der Waals surface area contributed by atoms with Crippen LogP contribution in [-0.2, 0) is 0 Å². The second-order valence-electron chi connectivity index (χ2n) is 8.29. The van der Waals surface area contributed by atoms with Crippen LogP contribution in [-0.4, -0.2) is 29.4 Å². The van der Waals surface area contributed by atoms with Crippen LogP contribution >= 0.6 is 0 Å². The zero-order valence-electron chi connectivity index (χ0n) is 19.3. The van der Waals surface area contributed by atoms with E-state index < -0.39 is 6.10 Å². The van der Waals surface area contributed by atoms with Gasteiger partial charge in [0.25, 0.3) is 0 Å². The second kappa shape index (κ2) is 9.33. The van der Waals surface area contributed by atoms with Gasteiger partial charge in [-0.25, -0.2) is 15.0 Å². The summed E-state index contributed by atoms with van der Waals surface area (Å²) in [6, 6.07) is 19.2. The first kappa shape index (κ1) is 22.2. The summed E-state index contributed by atoms with van der Waals surface area (Å²) in [5.41, 5.74) is 5.85. The van der Waals surface area contributed by atoms with Crippen molar-refractivity contribution in [3.63, 3.8) is 0 Å². The number of hydrogen-bond acceptors (Lipinski definition) is 7. The molecule has 172 valence electrons. The minimum Gasteiger partial charge on any atom is -0.382 e. The van der Waals surface area contributed by atoms with Crippen LogP contribution in [0.25, 0.3) is 17.0 Å². The molecule has 0 spiro atoms. The van der Waals surface area contributed by atoms with Gasteiger partial charge in [-0.05, 0) is 48.7 Å². The topological polar surface area (TPSA) is 112 Å². The van der Waals surface area contributed by atoms with Crippen LogP contribution in [0.5, 0.6) is 0 Å². The zero-order chi connectivity index (χ0) is 24.4. The van der Waals surface area contributed by atoms with E-state index in [9.17, 15) is 10.4 Å². The van der Waals surface area contributed by atoms with Crippen molar-refractivity contribution in [2.75, 3.05) is 5.32 Å². The molecule has 0 aliphatic heterocycles. The van der Waals surface area contributed by atoms with Crippen molar-refractivity contribution in [1.82, 2.24) is 24.3 Å². The molecule has 0 aliphatic rings. The van der Waals surface area contributed by atoms with Gasteiger partial charge in [0.15, 0.2) is 0 Å². The number of hydrogen-bond donors (Lipinski definition) is 2. The monoisotopic (exact) mass is 461 g/mol. The third-order valence-corrected chi connectivity index (χ3v) is 5.95. The molecule has 5 aromatic rings. The summed E-state index contributed by atoms with van der Waals surface area (Å²) in [4.78, 5) is 17.7. The summed E-state index contributed by atoms with van der Waals surface area (Å²) in [6.07, 6.45) is 6.04. The number of imidazole rings is 1. The van der Waals surface area contributed by atoms with E-state index in [1.807, 2.05) is 73.0 Å². The van der Waals surface area contributed by atoms with E-state index in [-0.39, 0.29) is 6.04 Å². The Balaban J connectivity index is 1.39. The van der Waals surface area contributed by atoms with Crippen molar-refractivity contribution in [2.45, 2.75) is 26.0 Å². The molecule has 4 heterocycles. The lowest BCUT2D eigenvalue weighted by atomic mass is 10.0. The van der Waals surface area contributed by atoms with Crippen molar-refractivity contribution in [1.29, 1.82) is 5.26 Å². The quantitative estimate of drug-likeness (QED) is 0.379. The Kier molecular flexibility index (Phi) is 5.92. The Morgan fingerprint density at radius 2 is 1.77 bits per heavy atom. The Morgan fingerprint density at radius 1 is 0.971 bits per heavy atom. The third kappa shape index (κ3) is 4.33. The smallest absolute Gasteiger partial charge is 0.223 e. The SMILES string of the molecule is Cc1cccn2c(-c3nc(NC(C)c4ccc([C@H](O)c5ccccn5)cc4)ncc3C#N)cnc12. The average molecular weight is 462 g/mol. The number of pyridine rings is 2. The highest BCUT2D eigenvalue weighted by Crippen LogP contribution is 2.27. The molecule has 1 unspecified atom stereocenters. The van der Waals surface area contributed by atoms with Gasteiger partial charge in [-0.3, -0.25) is 9.38 Å². The highest BCUT2D eigenvalue weighted by atomic mass is 16.3. The normalized spacial score (nSPS) is 12.7. The van der Waals surface area contributed by atoms with Crippen LogP contribution in [0.4, 0.5) is 5.95 Å². The molecule has 0 fully saturated rings. The van der Waals surface area contributed by atoms with E-state index in [1.165, 1.54) is 6.20 Å². The number of aliphatic hydroxyl groups is 1. The predicted octanol–water partition coefficient (Wildman–Crippen LogP) is 4.62. The largest absolute Gasteiger partial charge is 0.382 e. The molecule has 0 saturated heterocycles. The van der Waals surface area contributed by atoms with E-state index in [2.05, 4.69) is 31.3 Å². The standard InChI is InChI=1S/C27H23N7O/c1-17-6-5-13-34-23(16-30-26(17)34)24-21(14-28)15-31-27(33-24)32-18(2)19-8-10-20(11-9-19)25(35)22-7-3-4-12-29-22/h3-13,15-16,18,25,35H,1-2H3,(H,31,32,33)/t18?,25-/m0/s1. The molecule has 2 N–H and O–H groups in total. The number of benzene rings is 1. The van der Waals surface area contributed by atoms with E-state index in [0.29, 0.717) is 22.9 Å². The van der Waals surface area contributed by atoms with Crippen molar-refractivity contribution >= 4 is 11.6 Å². The van der Waals surface area contributed by atoms with Gasteiger partial charge in [-0.2, -0.15) is 5.26 Å². The van der Waals surface area contributed by atoms with Gasteiger partial charge in [-0.1, -0.05) is 36.4 Å². The Hall–Kier alpha value is -4.61. The molecule has 8 heteroatoms. The molecule has 5 rings (SSSR count). The molecular weight excluding hydrogens is 438 g/mol. The van der Waals surface area contributed by atoms with Crippen molar-refractivity contribution < 1.29 is 5.11 Å². The van der Waals surface area contributed by atoms with Gasteiger partial charge in [0, 0.05) is 12.4 Å².